The fraction of sp³-hybridized carbons (Fsp3) is 0.533. The van der Waals surface area contributed by atoms with Gasteiger partial charge in [-0.25, -0.2) is 0 Å². The molecule has 0 saturated carbocycles. The van der Waals surface area contributed by atoms with Crippen LogP contribution >= 0.6 is 12.4 Å². The van der Waals surface area contributed by atoms with E-state index in [2.05, 4.69) is 29.7 Å². The largest absolute Gasteiger partial charge is 0.366 e. The Labute approximate surface area is 126 Å². The molecule has 2 atom stereocenters. The van der Waals surface area contributed by atoms with Crippen LogP contribution in [0, 0.1) is 0 Å². The molecule has 2 N–H and O–H groups in total. The maximum absolute atomic E-state index is 12.0. The van der Waals surface area contributed by atoms with E-state index < -0.39 is 0 Å². The molecule has 1 saturated heterocycles. The minimum absolute atomic E-state index is 0. The summed E-state index contributed by atoms with van der Waals surface area (Å²) in [6, 6.07) is 10.3. The molecule has 20 heavy (non-hydrogen) atoms. The summed E-state index contributed by atoms with van der Waals surface area (Å²) in [5.74, 6) is 0.350. The van der Waals surface area contributed by atoms with Crippen molar-refractivity contribution in [2.45, 2.75) is 25.4 Å². The first-order valence-electron chi connectivity index (χ1n) is 6.96. The van der Waals surface area contributed by atoms with Crippen molar-refractivity contribution in [1.29, 1.82) is 0 Å². The second kappa shape index (κ2) is 8.95. The molecule has 112 valence electrons. The normalized spacial score (nSPS) is 19.8. The van der Waals surface area contributed by atoms with Gasteiger partial charge in [0.05, 0.1) is 6.61 Å². The van der Waals surface area contributed by atoms with Crippen LogP contribution in [-0.2, 0) is 9.53 Å². The lowest BCUT2D eigenvalue weighted by molar-refractivity contribution is -0.134. The van der Waals surface area contributed by atoms with E-state index in [0.717, 1.165) is 13.0 Å². The Hall–Kier alpha value is -1.10. The number of hydrogen-bond donors (Lipinski definition) is 2. The van der Waals surface area contributed by atoms with E-state index in [1.54, 1.807) is 0 Å². The van der Waals surface area contributed by atoms with Crippen molar-refractivity contribution in [3.05, 3.63) is 35.9 Å². The molecule has 5 heteroatoms. The highest BCUT2D eigenvalue weighted by Gasteiger charge is 2.22. The van der Waals surface area contributed by atoms with E-state index in [1.807, 2.05) is 18.2 Å². The fourth-order valence-electron chi connectivity index (χ4n) is 2.29. The standard InChI is InChI=1S/C15H22N2O2.ClH/c1-2-12(13-6-4-3-5-7-13)10-17-15(18)14-11-16-8-9-19-14;/h3-7,12,14,16H,2,8-11H2,1H3,(H,17,18);1H. The molecule has 0 aromatic heterocycles. The number of morpholine rings is 1. The third-order valence-electron chi connectivity index (χ3n) is 3.51. The predicted molar refractivity (Wildman–Crippen MR) is 82.3 cm³/mol. The van der Waals surface area contributed by atoms with E-state index >= 15 is 0 Å². The number of rotatable bonds is 5. The van der Waals surface area contributed by atoms with Crippen LogP contribution in [0.1, 0.15) is 24.8 Å². The summed E-state index contributed by atoms with van der Waals surface area (Å²) in [7, 11) is 0. The Bertz CT molecular complexity index is 394. The first kappa shape index (κ1) is 17.0. The van der Waals surface area contributed by atoms with Crippen molar-refractivity contribution in [1.82, 2.24) is 10.6 Å². The van der Waals surface area contributed by atoms with Gasteiger partial charge >= 0.3 is 0 Å². The molecule has 2 unspecified atom stereocenters. The van der Waals surface area contributed by atoms with Crippen LogP contribution in [0.5, 0.6) is 0 Å². The van der Waals surface area contributed by atoms with Gasteiger partial charge in [0.2, 0.25) is 5.91 Å². The lowest BCUT2D eigenvalue weighted by Crippen LogP contribution is -2.48. The smallest absolute Gasteiger partial charge is 0.250 e. The first-order chi connectivity index (χ1) is 9.31. The Balaban J connectivity index is 0.00000200. The van der Waals surface area contributed by atoms with Crippen LogP contribution in [-0.4, -0.2) is 38.3 Å². The maximum Gasteiger partial charge on any atom is 0.250 e. The average Bonchev–Trinajstić information content (AvgIpc) is 2.49. The topological polar surface area (TPSA) is 50.4 Å². The number of hydrogen-bond acceptors (Lipinski definition) is 3. The Morgan fingerprint density at radius 2 is 2.20 bits per heavy atom. The monoisotopic (exact) mass is 298 g/mol. The highest BCUT2D eigenvalue weighted by molar-refractivity contribution is 5.85. The second-order valence-electron chi connectivity index (χ2n) is 4.82. The highest BCUT2D eigenvalue weighted by atomic mass is 35.5. The number of ether oxygens (including phenoxy) is 1. The van der Waals surface area contributed by atoms with E-state index in [4.69, 9.17) is 4.74 Å². The molecular weight excluding hydrogens is 276 g/mol. The van der Waals surface area contributed by atoms with Gasteiger partial charge < -0.3 is 15.4 Å². The Kier molecular flexibility index (Phi) is 7.59. The van der Waals surface area contributed by atoms with Crippen LogP contribution in [0.3, 0.4) is 0 Å². The molecule has 1 heterocycles. The van der Waals surface area contributed by atoms with Gasteiger partial charge in [-0.05, 0) is 12.0 Å². The zero-order valence-corrected chi connectivity index (χ0v) is 12.6. The number of benzene rings is 1. The van der Waals surface area contributed by atoms with Crippen molar-refractivity contribution in [3.63, 3.8) is 0 Å². The highest BCUT2D eigenvalue weighted by Crippen LogP contribution is 2.17. The summed E-state index contributed by atoms with van der Waals surface area (Å²) in [5.41, 5.74) is 1.27. The SMILES string of the molecule is CCC(CNC(=O)C1CNCCO1)c1ccccc1.Cl. The predicted octanol–water partition coefficient (Wildman–Crippen LogP) is 1.71. The summed E-state index contributed by atoms with van der Waals surface area (Å²) in [6.07, 6.45) is 0.663. The summed E-state index contributed by atoms with van der Waals surface area (Å²) in [5, 5.41) is 6.16. The molecule has 0 aliphatic carbocycles. The van der Waals surface area contributed by atoms with Gasteiger partial charge in [-0.1, -0.05) is 37.3 Å². The Morgan fingerprint density at radius 1 is 1.45 bits per heavy atom. The molecule has 1 aliphatic rings. The molecule has 1 fully saturated rings. The van der Waals surface area contributed by atoms with Crippen molar-refractivity contribution < 1.29 is 9.53 Å². The summed E-state index contributed by atoms with van der Waals surface area (Å²) in [6.45, 7) is 4.84. The third kappa shape index (κ3) is 4.78. The van der Waals surface area contributed by atoms with Crippen molar-refractivity contribution in [3.8, 4) is 0 Å². The van der Waals surface area contributed by atoms with Crippen LogP contribution in [0.2, 0.25) is 0 Å². The van der Waals surface area contributed by atoms with Crippen LogP contribution in [0.4, 0.5) is 0 Å². The molecule has 0 spiro atoms. The molecular formula is C15H23ClN2O2. The molecule has 0 radical (unpaired) electrons. The van der Waals surface area contributed by atoms with Crippen LogP contribution < -0.4 is 10.6 Å². The second-order valence-corrected chi connectivity index (χ2v) is 4.82. The number of halogens is 1. The van der Waals surface area contributed by atoms with E-state index in [0.29, 0.717) is 25.6 Å². The van der Waals surface area contributed by atoms with Crippen molar-refractivity contribution in [2.24, 2.45) is 0 Å². The van der Waals surface area contributed by atoms with Gasteiger partial charge in [0.15, 0.2) is 0 Å². The minimum Gasteiger partial charge on any atom is -0.366 e. The number of nitrogens with one attached hydrogen (secondary N) is 2. The summed E-state index contributed by atoms with van der Waals surface area (Å²) < 4.78 is 5.44. The first-order valence-corrected chi connectivity index (χ1v) is 6.96. The lowest BCUT2D eigenvalue weighted by atomic mass is 9.96. The lowest BCUT2D eigenvalue weighted by Gasteiger charge is -2.24. The van der Waals surface area contributed by atoms with Gasteiger partial charge in [-0.15, -0.1) is 12.4 Å². The fourth-order valence-corrected chi connectivity index (χ4v) is 2.29. The number of carbonyl (C=O) groups excluding carboxylic acids is 1. The average molecular weight is 299 g/mol. The van der Waals surface area contributed by atoms with Crippen molar-refractivity contribution in [2.75, 3.05) is 26.2 Å². The summed E-state index contributed by atoms with van der Waals surface area (Å²) >= 11 is 0. The van der Waals surface area contributed by atoms with Gasteiger partial charge in [-0.2, -0.15) is 0 Å². The molecule has 1 aromatic rings. The summed E-state index contributed by atoms with van der Waals surface area (Å²) in [4.78, 5) is 12.0. The Morgan fingerprint density at radius 3 is 2.80 bits per heavy atom. The molecule has 1 aromatic carbocycles. The quantitative estimate of drug-likeness (QED) is 0.870. The third-order valence-corrected chi connectivity index (χ3v) is 3.51. The van der Waals surface area contributed by atoms with E-state index in [9.17, 15) is 4.79 Å². The molecule has 4 nitrogen and oxygen atoms in total. The van der Waals surface area contributed by atoms with E-state index in [-0.39, 0.29) is 24.4 Å². The zero-order chi connectivity index (χ0) is 13.5. The zero-order valence-electron chi connectivity index (χ0n) is 11.8. The van der Waals surface area contributed by atoms with Crippen molar-refractivity contribution >= 4 is 18.3 Å². The van der Waals surface area contributed by atoms with E-state index in [1.165, 1.54) is 5.56 Å². The van der Waals surface area contributed by atoms with Gasteiger partial charge in [0.25, 0.3) is 0 Å². The molecule has 1 aliphatic heterocycles. The minimum atomic E-state index is -0.345. The number of amides is 1. The maximum atomic E-state index is 12.0. The molecule has 2 rings (SSSR count). The van der Waals surface area contributed by atoms with Crippen LogP contribution in [0.15, 0.2) is 30.3 Å². The molecule has 1 amide bonds. The van der Waals surface area contributed by atoms with Crippen LogP contribution in [0.25, 0.3) is 0 Å². The number of carbonyl (C=O) groups is 1. The molecule has 0 bridgehead atoms. The van der Waals surface area contributed by atoms with Gasteiger partial charge in [0.1, 0.15) is 6.10 Å². The van der Waals surface area contributed by atoms with Gasteiger partial charge in [-0.3, -0.25) is 4.79 Å². The van der Waals surface area contributed by atoms with Gasteiger partial charge in [0, 0.05) is 25.6 Å².